The van der Waals surface area contributed by atoms with Crippen LogP contribution < -0.4 is 0 Å². The van der Waals surface area contributed by atoms with Gasteiger partial charge in [-0.15, -0.1) is 12.6 Å². The maximum atomic E-state index is 4.28. The van der Waals surface area contributed by atoms with Crippen molar-refractivity contribution >= 4 is 12.6 Å². The summed E-state index contributed by atoms with van der Waals surface area (Å²) < 4.78 is 2.15. The molecule has 0 unspecified atom stereocenters. The van der Waals surface area contributed by atoms with Gasteiger partial charge in [0, 0.05) is 6.04 Å². The van der Waals surface area contributed by atoms with Crippen LogP contribution in [0, 0.1) is 0 Å². The molecule has 10 heavy (non-hydrogen) atoms. The van der Waals surface area contributed by atoms with Crippen LogP contribution in [-0.2, 0) is 0 Å². The highest BCUT2D eigenvalue weighted by Crippen LogP contribution is 2.32. The summed E-state index contributed by atoms with van der Waals surface area (Å²) in [4.78, 5) is 4.01. The fourth-order valence-electron chi connectivity index (χ4n) is 1.24. The maximum Gasteiger partial charge on any atom is 0.0957 e. The van der Waals surface area contributed by atoms with Crippen LogP contribution in [0.15, 0.2) is 17.6 Å². The van der Waals surface area contributed by atoms with Crippen LogP contribution in [0.25, 0.3) is 0 Å². The van der Waals surface area contributed by atoms with Crippen LogP contribution in [0.5, 0.6) is 0 Å². The Morgan fingerprint density at radius 3 is 2.80 bits per heavy atom. The Balaban J connectivity index is 2.23. The maximum absolute atomic E-state index is 4.28. The molecule has 1 saturated carbocycles. The van der Waals surface area contributed by atoms with E-state index < -0.39 is 0 Å². The molecule has 54 valence electrons. The minimum absolute atomic E-state index is 0.690. The molecule has 0 spiro atoms. The van der Waals surface area contributed by atoms with Crippen LogP contribution in [0.2, 0.25) is 0 Å². The molecular formula is C7H10N2S. The zero-order chi connectivity index (χ0) is 6.97. The van der Waals surface area contributed by atoms with Crippen molar-refractivity contribution in [3.63, 3.8) is 0 Å². The lowest BCUT2D eigenvalue weighted by atomic mass is 9.93. The molecule has 0 aromatic carbocycles. The first-order chi connectivity index (χ1) is 4.88. The summed E-state index contributed by atoms with van der Waals surface area (Å²) in [5.74, 6) is 0. The van der Waals surface area contributed by atoms with E-state index in [4.69, 9.17) is 0 Å². The summed E-state index contributed by atoms with van der Waals surface area (Å²) >= 11 is 4.28. The van der Waals surface area contributed by atoms with E-state index in [1.54, 1.807) is 6.20 Å². The highest BCUT2D eigenvalue weighted by molar-refractivity contribution is 7.80. The summed E-state index contributed by atoms with van der Waals surface area (Å²) in [6, 6.07) is 0.690. The molecule has 2 nitrogen and oxygen atoms in total. The molecule has 1 aliphatic carbocycles. The standard InChI is InChI=1S/C7H10N2S/c10-7-4-8-5-9(7)6-2-1-3-6/h4-6,10H,1-3H2. The minimum Gasteiger partial charge on any atom is -0.323 e. The van der Waals surface area contributed by atoms with Crippen molar-refractivity contribution in [3.8, 4) is 0 Å². The van der Waals surface area contributed by atoms with Gasteiger partial charge in [-0.05, 0) is 19.3 Å². The fourth-order valence-corrected chi connectivity index (χ4v) is 1.53. The van der Waals surface area contributed by atoms with E-state index in [9.17, 15) is 0 Å². The van der Waals surface area contributed by atoms with Gasteiger partial charge in [0.25, 0.3) is 0 Å². The van der Waals surface area contributed by atoms with Gasteiger partial charge >= 0.3 is 0 Å². The van der Waals surface area contributed by atoms with E-state index in [1.165, 1.54) is 19.3 Å². The zero-order valence-corrected chi connectivity index (χ0v) is 6.59. The predicted octanol–water partition coefficient (Wildman–Crippen LogP) is 1.90. The summed E-state index contributed by atoms with van der Waals surface area (Å²) in [5.41, 5.74) is 0. The highest BCUT2D eigenvalue weighted by Gasteiger charge is 2.19. The van der Waals surface area contributed by atoms with Crippen LogP contribution in [0.3, 0.4) is 0 Å². The number of imidazole rings is 1. The van der Waals surface area contributed by atoms with Gasteiger partial charge in [0.2, 0.25) is 0 Å². The van der Waals surface area contributed by atoms with Crippen molar-refractivity contribution in [1.29, 1.82) is 0 Å². The molecule has 0 bridgehead atoms. The first kappa shape index (κ1) is 6.28. The van der Waals surface area contributed by atoms with Crippen LogP contribution >= 0.6 is 12.6 Å². The van der Waals surface area contributed by atoms with E-state index in [1.807, 2.05) is 6.33 Å². The quantitative estimate of drug-likeness (QED) is 0.612. The Morgan fingerprint density at radius 2 is 2.40 bits per heavy atom. The highest BCUT2D eigenvalue weighted by atomic mass is 32.1. The third kappa shape index (κ3) is 0.850. The molecule has 0 saturated heterocycles. The molecular weight excluding hydrogens is 144 g/mol. The molecule has 1 heterocycles. The van der Waals surface area contributed by atoms with Gasteiger partial charge in [0.05, 0.1) is 17.6 Å². The summed E-state index contributed by atoms with van der Waals surface area (Å²) in [6.07, 6.45) is 7.61. The normalized spacial score (nSPS) is 18.9. The average Bonchev–Trinajstić information content (AvgIpc) is 2.12. The molecule has 0 aliphatic heterocycles. The third-order valence-corrected chi connectivity index (χ3v) is 2.46. The molecule has 3 heteroatoms. The smallest absolute Gasteiger partial charge is 0.0957 e. The molecule has 1 aromatic rings. The molecule has 1 aromatic heterocycles. The van der Waals surface area contributed by atoms with Gasteiger partial charge in [-0.25, -0.2) is 4.98 Å². The van der Waals surface area contributed by atoms with E-state index in [0.29, 0.717) is 6.04 Å². The van der Waals surface area contributed by atoms with Gasteiger partial charge in [0.1, 0.15) is 0 Å². The molecule has 2 rings (SSSR count). The first-order valence-electron chi connectivity index (χ1n) is 3.59. The lowest BCUT2D eigenvalue weighted by molar-refractivity contribution is 0.299. The van der Waals surface area contributed by atoms with Gasteiger partial charge in [-0.3, -0.25) is 0 Å². The van der Waals surface area contributed by atoms with Crippen LogP contribution in [0.1, 0.15) is 25.3 Å². The summed E-state index contributed by atoms with van der Waals surface area (Å²) in [7, 11) is 0. The van der Waals surface area contributed by atoms with Crippen LogP contribution in [-0.4, -0.2) is 9.55 Å². The summed E-state index contributed by atoms with van der Waals surface area (Å²) in [5, 5.41) is 0.990. The predicted molar refractivity (Wildman–Crippen MR) is 42.4 cm³/mol. The van der Waals surface area contributed by atoms with Crippen molar-refractivity contribution in [1.82, 2.24) is 9.55 Å². The topological polar surface area (TPSA) is 17.8 Å². The van der Waals surface area contributed by atoms with Crippen molar-refractivity contribution in [3.05, 3.63) is 12.5 Å². The SMILES string of the molecule is Sc1cncn1C1CCC1. The molecule has 0 atom stereocenters. The van der Waals surface area contributed by atoms with Gasteiger partial charge in [-0.1, -0.05) is 0 Å². The Kier molecular flexibility index (Phi) is 1.45. The fraction of sp³-hybridized carbons (Fsp3) is 0.571. The Labute approximate surface area is 65.7 Å². The van der Waals surface area contributed by atoms with Crippen molar-refractivity contribution in [2.75, 3.05) is 0 Å². The van der Waals surface area contributed by atoms with E-state index in [2.05, 4.69) is 22.2 Å². The van der Waals surface area contributed by atoms with Gasteiger partial charge in [0.15, 0.2) is 0 Å². The molecule has 0 radical (unpaired) electrons. The van der Waals surface area contributed by atoms with Gasteiger partial charge < -0.3 is 4.57 Å². The first-order valence-corrected chi connectivity index (χ1v) is 4.03. The Bertz CT molecular complexity index is 227. The number of aromatic nitrogens is 2. The minimum atomic E-state index is 0.690. The van der Waals surface area contributed by atoms with Crippen molar-refractivity contribution < 1.29 is 0 Å². The monoisotopic (exact) mass is 154 g/mol. The molecule has 1 aliphatic rings. The second kappa shape index (κ2) is 2.31. The largest absolute Gasteiger partial charge is 0.323 e. The zero-order valence-electron chi connectivity index (χ0n) is 5.70. The second-order valence-corrected chi connectivity index (χ2v) is 3.20. The Hall–Kier alpha value is -0.440. The molecule has 1 fully saturated rings. The number of hydrogen-bond donors (Lipinski definition) is 1. The number of rotatable bonds is 1. The lowest BCUT2D eigenvalue weighted by Crippen LogP contribution is -2.16. The van der Waals surface area contributed by atoms with E-state index in [0.717, 1.165) is 5.03 Å². The van der Waals surface area contributed by atoms with E-state index >= 15 is 0 Å². The number of thiol groups is 1. The van der Waals surface area contributed by atoms with Crippen molar-refractivity contribution in [2.45, 2.75) is 30.3 Å². The van der Waals surface area contributed by atoms with Gasteiger partial charge in [-0.2, -0.15) is 0 Å². The van der Waals surface area contributed by atoms with Crippen molar-refractivity contribution in [2.24, 2.45) is 0 Å². The lowest BCUT2D eigenvalue weighted by Gasteiger charge is -2.27. The number of nitrogens with zero attached hydrogens (tertiary/aromatic N) is 2. The summed E-state index contributed by atoms with van der Waals surface area (Å²) in [6.45, 7) is 0. The number of hydrogen-bond acceptors (Lipinski definition) is 2. The molecule has 0 amide bonds. The second-order valence-electron chi connectivity index (χ2n) is 2.74. The Morgan fingerprint density at radius 1 is 1.60 bits per heavy atom. The third-order valence-electron chi connectivity index (χ3n) is 2.11. The molecule has 0 N–H and O–H groups in total. The van der Waals surface area contributed by atoms with E-state index in [-0.39, 0.29) is 0 Å². The van der Waals surface area contributed by atoms with Crippen LogP contribution in [0.4, 0.5) is 0 Å². The average molecular weight is 154 g/mol.